The number of aromatic nitrogens is 2. The van der Waals surface area contributed by atoms with Crippen LogP contribution in [0.2, 0.25) is 0 Å². The van der Waals surface area contributed by atoms with Crippen LogP contribution in [0.1, 0.15) is 56.2 Å². The first kappa shape index (κ1) is 17.9. The summed E-state index contributed by atoms with van der Waals surface area (Å²) < 4.78 is 1.81. The van der Waals surface area contributed by atoms with Crippen molar-refractivity contribution in [3.05, 3.63) is 65.4 Å². The zero-order valence-electron chi connectivity index (χ0n) is 16.1. The maximum absolute atomic E-state index is 9.46. The van der Waals surface area contributed by atoms with E-state index in [0.29, 0.717) is 17.4 Å². The summed E-state index contributed by atoms with van der Waals surface area (Å²) in [7, 11) is 1.93. The quantitative estimate of drug-likeness (QED) is 0.594. The van der Waals surface area contributed by atoms with Crippen molar-refractivity contribution in [1.29, 1.82) is 5.26 Å². The summed E-state index contributed by atoms with van der Waals surface area (Å²) in [6.45, 7) is 8.88. The minimum absolute atomic E-state index is 0.394. The highest BCUT2D eigenvalue weighted by Gasteiger charge is 2.20. The number of aryl methyl sites for hydroxylation is 1. The van der Waals surface area contributed by atoms with Crippen molar-refractivity contribution in [2.45, 2.75) is 39.5 Å². The molecular weight excluding hydrogens is 318 g/mol. The van der Waals surface area contributed by atoms with Gasteiger partial charge in [0.2, 0.25) is 0 Å². The molecule has 0 spiro atoms. The Bertz CT molecular complexity index is 945. The molecule has 0 N–H and O–H groups in total. The third-order valence-electron chi connectivity index (χ3n) is 4.78. The minimum atomic E-state index is 0.394. The molecule has 2 aromatic carbocycles. The summed E-state index contributed by atoms with van der Waals surface area (Å²) in [5.74, 6) is 0.789. The largest absolute Gasteiger partial charge is 0.275 e. The first-order valence-corrected chi connectivity index (χ1v) is 9.09. The van der Waals surface area contributed by atoms with E-state index in [2.05, 4.69) is 57.1 Å². The van der Waals surface area contributed by atoms with Crippen molar-refractivity contribution in [1.82, 2.24) is 9.78 Å². The highest BCUT2D eigenvalue weighted by molar-refractivity contribution is 5.86. The molecule has 132 valence electrons. The number of rotatable bonds is 4. The van der Waals surface area contributed by atoms with Crippen molar-refractivity contribution < 1.29 is 0 Å². The van der Waals surface area contributed by atoms with Gasteiger partial charge >= 0.3 is 0 Å². The van der Waals surface area contributed by atoms with Gasteiger partial charge in [0.1, 0.15) is 0 Å². The number of nitriles is 1. The van der Waals surface area contributed by atoms with Gasteiger partial charge in [-0.2, -0.15) is 10.4 Å². The summed E-state index contributed by atoms with van der Waals surface area (Å²) in [6.07, 6.45) is 1.95. The van der Waals surface area contributed by atoms with Crippen LogP contribution >= 0.6 is 0 Å². The van der Waals surface area contributed by atoms with E-state index in [-0.39, 0.29) is 0 Å². The summed E-state index contributed by atoms with van der Waals surface area (Å²) in [6, 6.07) is 16.8. The van der Waals surface area contributed by atoms with Crippen LogP contribution in [0, 0.1) is 11.3 Å². The Morgan fingerprint density at radius 3 is 2.08 bits per heavy atom. The molecule has 3 heteroatoms. The first-order valence-electron chi connectivity index (χ1n) is 9.09. The first-order chi connectivity index (χ1) is 12.4. The van der Waals surface area contributed by atoms with Crippen LogP contribution in [-0.2, 0) is 7.05 Å². The van der Waals surface area contributed by atoms with Gasteiger partial charge in [0.05, 0.1) is 17.3 Å². The molecule has 26 heavy (non-hydrogen) atoms. The van der Waals surface area contributed by atoms with E-state index >= 15 is 0 Å². The molecule has 0 amide bonds. The standard InChI is InChI=1S/C23H25N3/c1-15(2)18-7-6-8-19(16(3)4)23(18)21-13-17(14-24)9-10-20(21)22-11-12-26(5)25-22/h6-13,15-16H,1-5H3. The summed E-state index contributed by atoms with van der Waals surface area (Å²) in [5.41, 5.74) is 7.63. The molecule has 0 aliphatic carbocycles. The second-order valence-electron chi connectivity index (χ2n) is 7.37. The molecule has 0 atom stereocenters. The molecule has 0 unspecified atom stereocenters. The zero-order chi connectivity index (χ0) is 18.8. The lowest BCUT2D eigenvalue weighted by Crippen LogP contribution is -2.01. The van der Waals surface area contributed by atoms with Crippen molar-refractivity contribution >= 4 is 0 Å². The van der Waals surface area contributed by atoms with Gasteiger partial charge in [-0.1, -0.05) is 52.0 Å². The van der Waals surface area contributed by atoms with E-state index in [4.69, 9.17) is 0 Å². The average molecular weight is 343 g/mol. The fraction of sp³-hybridized carbons (Fsp3) is 0.304. The molecule has 0 aliphatic heterocycles. The monoisotopic (exact) mass is 343 g/mol. The van der Waals surface area contributed by atoms with Gasteiger partial charge in [0.25, 0.3) is 0 Å². The number of nitrogens with zero attached hydrogens (tertiary/aromatic N) is 3. The number of hydrogen-bond acceptors (Lipinski definition) is 2. The van der Waals surface area contributed by atoms with E-state index in [0.717, 1.165) is 16.8 Å². The molecule has 0 aliphatic rings. The smallest absolute Gasteiger partial charge is 0.0991 e. The van der Waals surface area contributed by atoms with E-state index < -0.39 is 0 Å². The molecule has 1 aromatic heterocycles. The van der Waals surface area contributed by atoms with E-state index in [9.17, 15) is 5.26 Å². The van der Waals surface area contributed by atoms with E-state index in [1.165, 1.54) is 16.7 Å². The second-order valence-corrected chi connectivity index (χ2v) is 7.37. The van der Waals surface area contributed by atoms with Crippen LogP contribution < -0.4 is 0 Å². The van der Waals surface area contributed by atoms with Crippen LogP contribution in [0.5, 0.6) is 0 Å². The second kappa shape index (κ2) is 7.17. The Morgan fingerprint density at radius 1 is 0.923 bits per heavy atom. The van der Waals surface area contributed by atoms with Crippen molar-refractivity contribution in [2.24, 2.45) is 7.05 Å². The SMILES string of the molecule is CC(C)c1cccc(C(C)C)c1-c1cc(C#N)ccc1-c1ccn(C)n1. The molecule has 3 rings (SSSR count). The molecule has 1 heterocycles. The molecule has 0 saturated heterocycles. The van der Waals surface area contributed by atoms with Crippen LogP contribution in [0.25, 0.3) is 22.4 Å². The van der Waals surface area contributed by atoms with Gasteiger partial charge in [-0.25, -0.2) is 0 Å². The fourth-order valence-corrected chi connectivity index (χ4v) is 3.46. The highest BCUT2D eigenvalue weighted by Crippen LogP contribution is 2.41. The minimum Gasteiger partial charge on any atom is -0.275 e. The van der Waals surface area contributed by atoms with Gasteiger partial charge in [-0.05, 0) is 52.3 Å². The lowest BCUT2D eigenvalue weighted by Gasteiger charge is -2.22. The Labute approximate surface area is 155 Å². The predicted molar refractivity (Wildman–Crippen MR) is 107 cm³/mol. The third-order valence-corrected chi connectivity index (χ3v) is 4.78. The Kier molecular flexibility index (Phi) is 4.95. The van der Waals surface area contributed by atoms with Crippen molar-refractivity contribution in [3.8, 4) is 28.5 Å². The van der Waals surface area contributed by atoms with Gasteiger partial charge in [-0.15, -0.1) is 0 Å². The van der Waals surface area contributed by atoms with Crippen LogP contribution in [0.4, 0.5) is 0 Å². The van der Waals surface area contributed by atoms with Crippen molar-refractivity contribution in [2.75, 3.05) is 0 Å². The molecule has 3 aromatic rings. The Hall–Kier alpha value is -2.86. The van der Waals surface area contributed by atoms with E-state index in [1.807, 2.05) is 42.2 Å². The third kappa shape index (κ3) is 3.28. The molecule has 3 nitrogen and oxygen atoms in total. The lowest BCUT2D eigenvalue weighted by atomic mass is 9.82. The number of benzene rings is 2. The Balaban J connectivity index is 2.38. The highest BCUT2D eigenvalue weighted by atomic mass is 15.2. The maximum atomic E-state index is 9.46. The van der Waals surface area contributed by atoms with Crippen LogP contribution in [-0.4, -0.2) is 9.78 Å². The summed E-state index contributed by atoms with van der Waals surface area (Å²) >= 11 is 0. The fourth-order valence-electron chi connectivity index (χ4n) is 3.46. The molecule has 0 fully saturated rings. The number of hydrogen-bond donors (Lipinski definition) is 0. The van der Waals surface area contributed by atoms with Gasteiger partial charge in [0.15, 0.2) is 0 Å². The predicted octanol–water partition coefficient (Wildman–Crippen LogP) is 5.87. The average Bonchev–Trinajstić information content (AvgIpc) is 3.06. The van der Waals surface area contributed by atoms with Gasteiger partial charge < -0.3 is 0 Å². The van der Waals surface area contributed by atoms with Crippen molar-refractivity contribution in [3.63, 3.8) is 0 Å². The summed E-state index contributed by atoms with van der Waals surface area (Å²) in [4.78, 5) is 0. The van der Waals surface area contributed by atoms with Crippen LogP contribution in [0.3, 0.4) is 0 Å². The van der Waals surface area contributed by atoms with Gasteiger partial charge in [0, 0.05) is 18.8 Å². The normalized spacial score (nSPS) is 11.2. The lowest BCUT2D eigenvalue weighted by molar-refractivity contribution is 0.771. The maximum Gasteiger partial charge on any atom is 0.0991 e. The molecule has 0 bridgehead atoms. The Morgan fingerprint density at radius 2 is 1.58 bits per heavy atom. The topological polar surface area (TPSA) is 41.6 Å². The van der Waals surface area contributed by atoms with E-state index in [1.54, 1.807) is 0 Å². The van der Waals surface area contributed by atoms with Gasteiger partial charge in [-0.3, -0.25) is 4.68 Å². The molecule has 0 radical (unpaired) electrons. The molecular formula is C23H25N3. The van der Waals surface area contributed by atoms with Crippen LogP contribution in [0.15, 0.2) is 48.7 Å². The molecule has 0 saturated carbocycles. The summed E-state index contributed by atoms with van der Waals surface area (Å²) in [5, 5.41) is 14.1. The zero-order valence-corrected chi connectivity index (χ0v) is 16.1.